The van der Waals surface area contributed by atoms with Gasteiger partial charge in [0.1, 0.15) is 6.04 Å². The third kappa shape index (κ3) is 10.0. The number of carbonyl (C=O) groups excluding carboxylic acids is 2. The lowest BCUT2D eigenvalue weighted by Gasteiger charge is -2.32. The maximum absolute atomic E-state index is 14.0. The zero-order valence-corrected chi connectivity index (χ0v) is 27.8. The lowest BCUT2D eigenvalue weighted by atomic mass is 10.0. The van der Waals surface area contributed by atoms with Crippen LogP contribution in [0.25, 0.3) is 0 Å². The number of hydrogen-bond acceptors (Lipinski definition) is 4. The molecule has 0 unspecified atom stereocenters. The minimum atomic E-state index is -3.58. The van der Waals surface area contributed by atoms with Crippen LogP contribution >= 0.6 is 34.8 Å². The summed E-state index contributed by atoms with van der Waals surface area (Å²) in [5.41, 5.74) is 3.21. The second-order valence-corrected chi connectivity index (χ2v) is 13.5. The third-order valence-corrected chi connectivity index (χ3v) is 9.60. The van der Waals surface area contributed by atoms with E-state index in [1.54, 1.807) is 54.3 Å². The number of nitrogens with one attached hydrogen (secondary N) is 2. The molecule has 0 radical (unpaired) electrons. The van der Waals surface area contributed by atoms with Crippen LogP contribution in [0.2, 0.25) is 15.1 Å². The van der Waals surface area contributed by atoms with Crippen LogP contribution < -0.4 is 10.0 Å². The van der Waals surface area contributed by atoms with Crippen molar-refractivity contribution in [1.82, 2.24) is 14.9 Å². The smallest absolute Gasteiger partial charge is 0.243 e. The molecule has 236 valence electrons. The molecule has 0 saturated heterocycles. The largest absolute Gasteiger partial charge is 0.350 e. The van der Waals surface area contributed by atoms with Crippen molar-refractivity contribution < 1.29 is 18.0 Å². The van der Waals surface area contributed by atoms with Crippen LogP contribution in [0, 0.1) is 0 Å². The van der Waals surface area contributed by atoms with Crippen molar-refractivity contribution in [2.24, 2.45) is 0 Å². The van der Waals surface area contributed by atoms with Gasteiger partial charge in [0, 0.05) is 47.5 Å². The molecule has 45 heavy (non-hydrogen) atoms. The minimum absolute atomic E-state index is 0.106. The fourth-order valence-corrected chi connectivity index (χ4v) is 6.45. The Morgan fingerprint density at radius 1 is 0.800 bits per heavy atom. The van der Waals surface area contributed by atoms with Gasteiger partial charge in [0.05, 0.1) is 4.90 Å². The monoisotopic (exact) mass is 685 g/mol. The van der Waals surface area contributed by atoms with E-state index in [1.165, 1.54) is 12.1 Å². The van der Waals surface area contributed by atoms with Gasteiger partial charge in [0.2, 0.25) is 21.8 Å². The number of carbonyl (C=O) groups is 2. The standard InChI is InChI=1S/C34H34Cl3N3O4S/c1-2-39-45(43,44)30-17-10-24(11-18-30)12-19-33(41)40(23-26-8-14-28(35)15-9-26)32(20-25-6-4-3-5-7-25)34(42)38-22-27-13-16-29(36)21-31(27)37/h3-11,13-18,21,32,39H,2,12,19-20,22-23H2,1H3,(H,38,42)/t32-/m0/s1. The highest BCUT2D eigenvalue weighted by molar-refractivity contribution is 7.89. The lowest BCUT2D eigenvalue weighted by molar-refractivity contribution is -0.141. The fourth-order valence-electron chi connectivity index (χ4n) is 4.81. The SMILES string of the molecule is CCNS(=O)(=O)c1ccc(CCC(=O)N(Cc2ccc(Cl)cc2)[C@@H](Cc2ccccc2)C(=O)NCc2ccc(Cl)cc2Cl)cc1. The van der Waals surface area contributed by atoms with Gasteiger partial charge < -0.3 is 10.2 Å². The molecule has 11 heteroatoms. The molecule has 4 aromatic carbocycles. The Morgan fingerprint density at radius 3 is 2.09 bits per heavy atom. The van der Waals surface area contributed by atoms with Crippen LogP contribution in [0.5, 0.6) is 0 Å². The summed E-state index contributed by atoms with van der Waals surface area (Å²) in [5.74, 6) is -0.555. The topological polar surface area (TPSA) is 95.6 Å². The molecule has 2 amide bonds. The number of halogens is 3. The first-order valence-electron chi connectivity index (χ1n) is 14.4. The molecular formula is C34H34Cl3N3O4S. The molecule has 1 atom stereocenters. The van der Waals surface area contributed by atoms with Crippen molar-refractivity contribution in [3.05, 3.63) is 134 Å². The van der Waals surface area contributed by atoms with Gasteiger partial charge in [0.15, 0.2) is 0 Å². The van der Waals surface area contributed by atoms with Gasteiger partial charge in [-0.25, -0.2) is 13.1 Å². The highest BCUT2D eigenvalue weighted by Gasteiger charge is 2.30. The molecule has 0 heterocycles. The van der Waals surface area contributed by atoms with Crippen molar-refractivity contribution in [1.29, 1.82) is 0 Å². The van der Waals surface area contributed by atoms with Gasteiger partial charge in [-0.05, 0) is 65.1 Å². The maximum Gasteiger partial charge on any atom is 0.243 e. The zero-order chi connectivity index (χ0) is 32.4. The number of amides is 2. The van der Waals surface area contributed by atoms with E-state index in [0.717, 1.165) is 16.7 Å². The average Bonchev–Trinajstić information content (AvgIpc) is 3.02. The summed E-state index contributed by atoms with van der Waals surface area (Å²) in [4.78, 5) is 29.6. The van der Waals surface area contributed by atoms with E-state index in [4.69, 9.17) is 34.8 Å². The van der Waals surface area contributed by atoms with Gasteiger partial charge in [-0.2, -0.15) is 0 Å². The van der Waals surface area contributed by atoms with Crippen LogP contribution in [0.15, 0.2) is 102 Å². The Bertz CT molecular complexity index is 1700. The van der Waals surface area contributed by atoms with Crippen LogP contribution in [-0.4, -0.2) is 37.7 Å². The van der Waals surface area contributed by atoms with Crippen LogP contribution in [-0.2, 0) is 45.5 Å². The van der Waals surface area contributed by atoms with E-state index in [9.17, 15) is 18.0 Å². The Morgan fingerprint density at radius 2 is 1.44 bits per heavy atom. The first kappa shape index (κ1) is 34.5. The van der Waals surface area contributed by atoms with Crippen LogP contribution in [0.4, 0.5) is 0 Å². The summed E-state index contributed by atoms with van der Waals surface area (Å²) >= 11 is 18.5. The van der Waals surface area contributed by atoms with Gasteiger partial charge in [-0.1, -0.05) is 102 Å². The summed E-state index contributed by atoms with van der Waals surface area (Å²) in [6.45, 7) is 2.34. The first-order chi connectivity index (χ1) is 21.6. The van der Waals surface area contributed by atoms with Gasteiger partial charge in [-0.15, -0.1) is 0 Å². The number of nitrogens with zero attached hydrogens (tertiary/aromatic N) is 1. The Hall–Kier alpha value is -3.40. The van der Waals surface area contributed by atoms with E-state index in [0.29, 0.717) is 27.1 Å². The number of hydrogen-bond donors (Lipinski definition) is 2. The van der Waals surface area contributed by atoms with Gasteiger partial charge in [-0.3, -0.25) is 9.59 Å². The predicted molar refractivity (Wildman–Crippen MR) is 180 cm³/mol. The average molecular weight is 687 g/mol. The number of aryl methyl sites for hydroxylation is 1. The molecule has 0 aromatic heterocycles. The van der Waals surface area contributed by atoms with Crippen molar-refractivity contribution in [3.8, 4) is 0 Å². The van der Waals surface area contributed by atoms with Gasteiger partial charge in [0.25, 0.3) is 0 Å². The second-order valence-electron chi connectivity index (χ2n) is 10.5. The molecule has 4 rings (SSSR count). The quantitative estimate of drug-likeness (QED) is 0.152. The number of benzene rings is 4. The third-order valence-electron chi connectivity index (χ3n) is 7.20. The number of rotatable bonds is 14. The normalized spacial score (nSPS) is 12.0. The highest BCUT2D eigenvalue weighted by Crippen LogP contribution is 2.22. The molecule has 0 bridgehead atoms. The summed E-state index contributed by atoms with van der Waals surface area (Å²) in [6, 6.07) is 27.4. The van der Waals surface area contributed by atoms with Gasteiger partial charge >= 0.3 is 0 Å². The van der Waals surface area contributed by atoms with Crippen LogP contribution in [0.3, 0.4) is 0 Å². The Kier molecular flexibility index (Phi) is 12.4. The molecule has 0 fully saturated rings. The summed E-state index contributed by atoms with van der Waals surface area (Å²) in [6.07, 6.45) is 0.753. The van der Waals surface area contributed by atoms with Crippen molar-refractivity contribution >= 4 is 56.6 Å². The Balaban J connectivity index is 1.59. The molecule has 0 aliphatic rings. The lowest BCUT2D eigenvalue weighted by Crippen LogP contribution is -2.50. The fraction of sp³-hybridized carbons (Fsp3) is 0.235. The molecule has 4 aromatic rings. The maximum atomic E-state index is 14.0. The number of sulfonamides is 1. The van der Waals surface area contributed by atoms with E-state index in [2.05, 4.69) is 10.0 Å². The molecule has 0 aliphatic carbocycles. The molecule has 2 N–H and O–H groups in total. The van der Waals surface area contributed by atoms with E-state index >= 15 is 0 Å². The molecule has 0 saturated carbocycles. The second kappa shape index (κ2) is 16.2. The van der Waals surface area contributed by atoms with E-state index in [-0.39, 0.29) is 49.2 Å². The van der Waals surface area contributed by atoms with E-state index < -0.39 is 16.1 Å². The van der Waals surface area contributed by atoms with Crippen LogP contribution in [0.1, 0.15) is 35.6 Å². The summed E-state index contributed by atoms with van der Waals surface area (Å²) in [7, 11) is -3.58. The van der Waals surface area contributed by atoms with Crippen molar-refractivity contribution in [2.75, 3.05) is 6.54 Å². The first-order valence-corrected chi connectivity index (χ1v) is 17.1. The predicted octanol–water partition coefficient (Wildman–Crippen LogP) is 6.83. The molecule has 7 nitrogen and oxygen atoms in total. The Labute approximate surface area is 279 Å². The molecule has 0 spiro atoms. The minimum Gasteiger partial charge on any atom is -0.350 e. The van der Waals surface area contributed by atoms with E-state index in [1.807, 2.05) is 42.5 Å². The highest BCUT2D eigenvalue weighted by atomic mass is 35.5. The van der Waals surface area contributed by atoms with Crippen molar-refractivity contribution in [2.45, 2.75) is 50.2 Å². The summed E-state index contributed by atoms with van der Waals surface area (Å²) < 4.78 is 27.1. The molecular weight excluding hydrogens is 653 g/mol. The summed E-state index contributed by atoms with van der Waals surface area (Å²) in [5, 5.41) is 4.46. The molecule has 0 aliphatic heterocycles. The van der Waals surface area contributed by atoms with Crippen molar-refractivity contribution in [3.63, 3.8) is 0 Å². The zero-order valence-electron chi connectivity index (χ0n) is 24.7.